The Morgan fingerprint density at radius 3 is 2.16 bits per heavy atom. The fourth-order valence-corrected chi connectivity index (χ4v) is 3.03. The van der Waals surface area contributed by atoms with Crippen molar-refractivity contribution >= 4 is 11.9 Å². The Kier molecular flexibility index (Phi) is 10.8. The van der Waals surface area contributed by atoms with E-state index in [2.05, 4.69) is 26.3 Å². The van der Waals surface area contributed by atoms with Crippen LogP contribution in [0.1, 0.15) is 36.3 Å². The van der Waals surface area contributed by atoms with Gasteiger partial charge in [-0.15, -0.1) is 5.10 Å². The van der Waals surface area contributed by atoms with Crippen molar-refractivity contribution in [2.75, 3.05) is 13.2 Å². The fourth-order valence-electron chi connectivity index (χ4n) is 3.03. The lowest BCUT2D eigenvalue weighted by Crippen LogP contribution is -2.24. The van der Waals surface area contributed by atoms with Crippen LogP contribution in [0.15, 0.2) is 24.4 Å². The molecule has 0 atom stereocenters. The van der Waals surface area contributed by atoms with Crippen LogP contribution < -0.4 is 0 Å². The molecule has 37 heavy (non-hydrogen) atoms. The number of pyridine rings is 1. The zero-order valence-corrected chi connectivity index (χ0v) is 19.4. The van der Waals surface area contributed by atoms with Crippen LogP contribution in [0.2, 0.25) is 0 Å². The highest BCUT2D eigenvalue weighted by Gasteiger charge is 2.38. The summed E-state index contributed by atoms with van der Waals surface area (Å²) in [6.45, 7) is 5.18. The third-order valence-corrected chi connectivity index (χ3v) is 5.02. The van der Waals surface area contributed by atoms with E-state index in [1.54, 1.807) is 0 Å². The van der Waals surface area contributed by atoms with Crippen molar-refractivity contribution in [3.8, 4) is 0 Å². The summed E-state index contributed by atoms with van der Waals surface area (Å²) < 4.78 is 71.3. The summed E-state index contributed by atoms with van der Waals surface area (Å²) >= 11 is 0. The van der Waals surface area contributed by atoms with Crippen molar-refractivity contribution in [1.82, 2.24) is 24.9 Å². The first kappa shape index (κ1) is 30.0. The molecule has 1 fully saturated rings. The van der Waals surface area contributed by atoms with E-state index in [0.717, 1.165) is 56.5 Å². The van der Waals surface area contributed by atoms with E-state index in [4.69, 9.17) is 24.5 Å². The van der Waals surface area contributed by atoms with Crippen molar-refractivity contribution in [3.05, 3.63) is 41.5 Å². The third-order valence-electron chi connectivity index (χ3n) is 5.02. The highest BCUT2D eigenvalue weighted by molar-refractivity contribution is 5.73. The number of aryl methyl sites for hydroxylation is 1. The van der Waals surface area contributed by atoms with Gasteiger partial charge in [0.25, 0.3) is 0 Å². The molecule has 4 rings (SSSR count). The van der Waals surface area contributed by atoms with Crippen molar-refractivity contribution in [3.63, 3.8) is 0 Å². The molecule has 2 N–H and O–H groups in total. The molecule has 0 unspecified atom stereocenters. The topological polar surface area (TPSA) is 131 Å². The number of alkyl halides is 6. The molecular formula is C21H25F6N5O5. The number of ether oxygens (including phenoxy) is 1. The van der Waals surface area contributed by atoms with Gasteiger partial charge in [-0.2, -0.15) is 26.3 Å². The molecule has 0 spiro atoms. The van der Waals surface area contributed by atoms with Crippen LogP contribution >= 0.6 is 0 Å². The largest absolute Gasteiger partial charge is 0.490 e. The normalized spacial score (nSPS) is 15.8. The predicted molar refractivity (Wildman–Crippen MR) is 113 cm³/mol. The van der Waals surface area contributed by atoms with Gasteiger partial charge in [-0.05, 0) is 37.3 Å². The van der Waals surface area contributed by atoms with Gasteiger partial charge in [0, 0.05) is 39.0 Å². The first-order valence-corrected chi connectivity index (χ1v) is 11.0. The van der Waals surface area contributed by atoms with E-state index in [-0.39, 0.29) is 0 Å². The SMILES string of the molecule is O=C(O)C(F)(F)F.O=C(O)C(F)(F)F.c1ccc(CN2CCCn3nnc(COCC4CC4)c3C2)nc1. The van der Waals surface area contributed by atoms with E-state index >= 15 is 0 Å². The first-order valence-electron chi connectivity index (χ1n) is 11.0. The number of aliphatic carboxylic acids is 2. The van der Waals surface area contributed by atoms with Crippen LogP contribution in [0.4, 0.5) is 26.3 Å². The Morgan fingerprint density at radius 2 is 1.65 bits per heavy atom. The number of nitrogens with zero attached hydrogens (tertiary/aromatic N) is 5. The monoisotopic (exact) mass is 541 g/mol. The summed E-state index contributed by atoms with van der Waals surface area (Å²) in [7, 11) is 0. The molecule has 0 amide bonds. The second kappa shape index (κ2) is 13.3. The molecule has 2 aliphatic rings. The lowest BCUT2D eigenvalue weighted by molar-refractivity contribution is -0.193. The number of fused-ring (bicyclic) bond motifs is 1. The summed E-state index contributed by atoms with van der Waals surface area (Å²) in [4.78, 5) is 24.7. The van der Waals surface area contributed by atoms with E-state index in [1.807, 2.05) is 23.0 Å². The first-order chi connectivity index (χ1) is 17.3. The van der Waals surface area contributed by atoms with Crippen LogP contribution in [-0.4, -0.2) is 72.5 Å². The van der Waals surface area contributed by atoms with Gasteiger partial charge in [0.15, 0.2) is 0 Å². The summed E-state index contributed by atoms with van der Waals surface area (Å²) in [5.41, 5.74) is 3.31. The third kappa shape index (κ3) is 11.1. The second-order valence-electron chi connectivity index (χ2n) is 8.16. The van der Waals surface area contributed by atoms with Crippen LogP contribution in [0, 0.1) is 5.92 Å². The molecule has 16 heteroatoms. The lowest BCUT2D eigenvalue weighted by atomic mass is 10.2. The average Bonchev–Trinajstić information content (AvgIpc) is 3.59. The van der Waals surface area contributed by atoms with Gasteiger partial charge >= 0.3 is 24.3 Å². The summed E-state index contributed by atoms with van der Waals surface area (Å²) in [6.07, 6.45) is -4.59. The number of carboxylic acids is 2. The van der Waals surface area contributed by atoms with Crippen molar-refractivity contribution in [1.29, 1.82) is 0 Å². The van der Waals surface area contributed by atoms with Crippen molar-refractivity contribution in [2.24, 2.45) is 5.92 Å². The van der Waals surface area contributed by atoms with Gasteiger partial charge in [0.1, 0.15) is 5.69 Å². The summed E-state index contributed by atoms with van der Waals surface area (Å²) in [5, 5.41) is 22.9. The standard InChI is InChI=1S/C17H23N5O.2C2HF3O2/c1-2-7-18-15(4-1)10-21-8-3-9-22-17(11-21)16(19-20-22)13-23-12-14-5-6-14;2*3-2(4,5)1(6)7/h1-2,4,7,14H,3,5-6,8-13H2;2*(H,6,7). The van der Waals surface area contributed by atoms with Gasteiger partial charge in [-0.1, -0.05) is 11.3 Å². The quantitative estimate of drug-likeness (QED) is 0.529. The number of carboxylic acid groups (broad SMARTS) is 2. The Labute approximate surface area is 206 Å². The smallest absolute Gasteiger partial charge is 0.475 e. The minimum absolute atomic E-state index is 0.587. The van der Waals surface area contributed by atoms with E-state index in [9.17, 15) is 26.3 Å². The summed E-state index contributed by atoms with van der Waals surface area (Å²) in [6, 6.07) is 6.09. The minimum Gasteiger partial charge on any atom is -0.475 e. The maximum Gasteiger partial charge on any atom is 0.490 e. The van der Waals surface area contributed by atoms with Crippen molar-refractivity contribution in [2.45, 2.75) is 57.9 Å². The van der Waals surface area contributed by atoms with E-state index in [0.29, 0.717) is 6.61 Å². The van der Waals surface area contributed by atoms with Crippen molar-refractivity contribution < 1.29 is 50.9 Å². The van der Waals surface area contributed by atoms with Gasteiger partial charge in [-0.25, -0.2) is 14.3 Å². The maximum absolute atomic E-state index is 10.6. The molecule has 1 saturated carbocycles. The lowest BCUT2D eigenvalue weighted by Gasteiger charge is -2.19. The fraction of sp³-hybridized carbons (Fsp3) is 0.571. The molecule has 2 aromatic heterocycles. The van der Waals surface area contributed by atoms with Crippen LogP contribution in [0.3, 0.4) is 0 Å². The minimum atomic E-state index is -5.08. The molecule has 0 bridgehead atoms. The number of carbonyl (C=O) groups is 2. The molecule has 0 saturated heterocycles. The predicted octanol–water partition coefficient (Wildman–Crippen LogP) is 3.27. The number of hydrogen-bond acceptors (Lipinski definition) is 7. The number of hydrogen-bond donors (Lipinski definition) is 2. The Balaban J connectivity index is 0.000000286. The molecule has 1 aliphatic carbocycles. The second-order valence-corrected chi connectivity index (χ2v) is 8.16. The van der Waals surface area contributed by atoms with Gasteiger partial charge in [0.2, 0.25) is 0 Å². The van der Waals surface area contributed by atoms with Crippen LogP contribution in [0.5, 0.6) is 0 Å². The molecule has 3 heterocycles. The van der Waals surface area contributed by atoms with Gasteiger partial charge in [0.05, 0.1) is 18.0 Å². The summed E-state index contributed by atoms with van der Waals surface area (Å²) in [5.74, 6) is -4.73. The maximum atomic E-state index is 10.6. The zero-order valence-electron chi connectivity index (χ0n) is 19.4. The number of halogens is 6. The number of aromatic nitrogens is 4. The van der Waals surface area contributed by atoms with Crippen LogP contribution in [-0.2, 0) is 40.6 Å². The van der Waals surface area contributed by atoms with Gasteiger partial charge < -0.3 is 14.9 Å². The van der Waals surface area contributed by atoms with Crippen LogP contribution in [0.25, 0.3) is 0 Å². The zero-order chi connectivity index (χ0) is 27.6. The highest BCUT2D eigenvalue weighted by atomic mass is 19.4. The molecule has 2 aromatic rings. The molecule has 1 aliphatic heterocycles. The van der Waals surface area contributed by atoms with Gasteiger partial charge in [-0.3, -0.25) is 9.88 Å². The Hall–Kier alpha value is -3.27. The molecule has 206 valence electrons. The Morgan fingerprint density at radius 1 is 1.03 bits per heavy atom. The number of rotatable bonds is 6. The van der Waals surface area contributed by atoms with E-state index in [1.165, 1.54) is 18.5 Å². The molecule has 10 nitrogen and oxygen atoms in total. The Bertz CT molecular complexity index is 987. The molecule has 0 aromatic carbocycles. The van der Waals surface area contributed by atoms with E-state index < -0.39 is 24.3 Å². The molecule has 0 radical (unpaired) electrons. The molecular weight excluding hydrogens is 516 g/mol. The average molecular weight is 541 g/mol. The highest BCUT2D eigenvalue weighted by Crippen LogP contribution is 2.29.